The number of hydrogen-bond donors (Lipinski definition) is 0. The van der Waals surface area contributed by atoms with Gasteiger partial charge in [-0.15, -0.1) is 33.2 Å². The van der Waals surface area contributed by atoms with Gasteiger partial charge in [-0.05, 0) is 12.5 Å². The molecule has 0 bridgehead atoms. The Balaban J connectivity index is 3.65. The summed E-state index contributed by atoms with van der Waals surface area (Å²) in [7, 11) is 0. The van der Waals surface area contributed by atoms with Crippen LogP contribution < -0.4 is 0 Å². The average molecular weight is 294 g/mol. The molecule has 0 spiro atoms. The molecule has 0 amide bonds. The highest BCUT2D eigenvalue weighted by Crippen LogP contribution is 2.28. The molecule has 1 nitrogen and oxygen atoms in total. The molecule has 0 rings (SSSR count). The third-order valence-electron chi connectivity index (χ3n) is 1.15. The lowest BCUT2D eigenvalue weighted by Gasteiger charge is -2.15. The quantitative estimate of drug-likeness (QED) is 0.312. The van der Waals surface area contributed by atoms with Crippen molar-refractivity contribution in [3.63, 3.8) is 0 Å². The minimum Gasteiger partial charge on any atom is -0.316 e. The summed E-state index contributed by atoms with van der Waals surface area (Å²) in [6, 6.07) is -2.78. The molecule has 0 aromatic rings. The molecular weight excluding hydrogens is 286 g/mol. The maximum absolute atomic E-state index is 12.1. The van der Waals surface area contributed by atoms with Gasteiger partial charge in [0.2, 0.25) is 0 Å². The summed E-state index contributed by atoms with van der Waals surface area (Å²) < 4.78 is 50.9. The van der Waals surface area contributed by atoms with Crippen LogP contribution in [0.25, 0.3) is 0 Å². The van der Waals surface area contributed by atoms with Crippen LogP contribution in [0.1, 0.15) is 6.42 Å². The van der Waals surface area contributed by atoms with Crippen molar-refractivity contribution in [3.8, 4) is 0 Å². The van der Waals surface area contributed by atoms with Gasteiger partial charge in [0, 0.05) is 0 Å². The smallest absolute Gasteiger partial charge is 0.316 e. The maximum atomic E-state index is 12.1. The second kappa shape index (κ2) is 5.74. The monoisotopic (exact) mass is 292 g/mol. The Morgan fingerprint density at radius 2 is 1.71 bits per heavy atom. The van der Waals surface area contributed by atoms with Crippen molar-refractivity contribution in [3.05, 3.63) is 0 Å². The highest BCUT2D eigenvalue weighted by atomic mass is 35.8. The van der Waals surface area contributed by atoms with Crippen LogP contribution in [0.4, 0.5) is 17.6 Å². The first-order valence-corrected chi connectivity index (χ1v) is 8.76. The van der Waals surface area contributed by atoms with Crippen molar-refractivity contribution in [2.75, 3.05) is 6.61 Å². The molecule has 0 N–H and O–H groups in total. The van der Waals surface area contributed by atoms with E-state index in [1.165, 1.54) is 0 Å². The summed E-state index contributed by atoms with van der Waals surface area (Å²) in [6.45, 7) is -0.557. The van der Waals surface area contributed by atoms with Crippen LogP contribution in [0, 0.1) is 0 Å². The molecule has 0 heterocycles. The zero-order valence-electron chi connectivity index (χ0n) is 6.75. The minimum absolute atomic E-state index is 0.0189. The van der Waals surface area contributed by atoms with E-state index >= 15 is 0 Å². The van der Waals surface area contributed by atoms with E-state index < -0.39 is 25.1 Å². The van der Waals surface area contributed by atoms with Gasteiger partial charge in [0.05, 0.1) is 6.61 Å². The van der Waals surface area contributed by atoms with Gasteiger partial charge in [-0.3, -0.25) is 0 Å². The van der Waals surface area contributed by atoms with Crippen LogP contribution in [-0.2, 0) is 4.74 Å². The average Bonchev–Trinajstić information content (AvgIpc) is 1.96. The molecule has 14 heavy (non-hydrogen) atoms. The van der Waals surface area contributed by atoms with E-state index in [0.29, 0.717) is 0 Å². The first-order chi connectivity index (χ1) is 6.15. The molecule has 0 saturated heterocycles. The second-order valence-electron chi connectivity index (χ2n) is 2.43. The van der Waals surface area contributed by atoms with E-state index in [9.17, 15) is 17.6 Å². The lowest BCUT2D eigenvalue weighted by atomic mass is 10.5. The highest BCUT2D eigenvalue weighted by Gasteiger charge is 2.42. The Morgan fingerprint density at radius 3 is 2.07 bits per heavy atom. The molecule has 9 heteroatoms. The van der Waals surface area contributed by atoms with Gasteiger partial charge < -0.3 is 4.74 Å². The molecule has 0 saturated carbocycles. The molecule has 0 aliphatic heterocycles. The van der Waals surface area contributed by atoms with Crippen LogP contribution in [0.3, 0.4) is 0 Å². The second-order valence-corrected chi connectivity index (χ2v) is 11.7. The fraction of sp³-hybridized carbons (Fsp3) is 1.00. The maximum Gasteiger partial charge on any atom is 0.416 e. The Labute approximate surface area is 93.4 Å². The Kier molecular flexibility index (Phi) is 6.06. The van der Waals surface area contributed by atoms with E-state index in [-0.39, 0.29) is 12.5 Å². The summed E-state index contributed by atoms with van der Waals surface area (Å²) in [5, 5.41) is 0. The van der Waals surface area contributed by atoms with E-state index in [2.05, 4.69) is 4.74 Å². The third-order valence-corrected chi connectivity index (χ3v) is 3.77. The van der Waals surface area contributed by atoms with Gasteiger partial charge in [0.15, 0.2) is 0 Å². The topological polar surface area (TPSA) is 9.23 Å². The predicted octanol–water partition coefficient (Wildman–Crippen LogP) is 3.91. The van der Waals surface area contributed by atoms with Crippen LogP contribution in [0.15, 0.2) is 0 Å². The van der Waals surface area contributed by atoms with Crippen molar-refractivity contribution in [1.82, 2.24) is 0 Å². The van der Waals surface area contributed by atoms with Crippen LogP contribution in [0.5, 0.6) is 0 Å². The fourth-order valence-electron chi connectivity index (χ4n) is 0.544. The first-order valence-electron chi connectivity index (χ1n) is 3.52. The molecule has 0 aliphatic rings. The normalized spacial score (nSPS) is 13.7. The van der Waals surface area contributed by atoms with Crippen LogP contribution in [-0.4, -0.2) is 25.1 Å². The van der Waals surface area contributed by atoms with E-state index in [1.807, 2.05) is 0 Å². The summed E-state index contributed by atoms with van der Waals surface area (Å²) in [6.07, 6.45) is -8.24. The van der Waals surface area contributed by atoms with Gasteiger partial charge in [0.1, 0.15) is 0 Å². The highest BCUT2D eigenvalue weighted by molar-refractivity contribution is 7.64. The number of ether oxygens (including phenoxy) is 1. The van der Waals surface area contributed by atoms with Crippen LogP contribution >= 0.6 is 33.2 Å². The molecule has 0 atom stereocenters. The van der Waals surface area contributed by atoms with E-state index in [0.717, 1.165) is 0 Å². The summed E-state index contributed by atoms with van der Waals surface area (Å²) in [5.74, 6) is 0. The lowest BCUT2D eigenvalue weighted by Crippen LogP contribution is -2.30. The molecular formula is C5H7Cl3F4OSi. The van der Waals surface area contributed by atoms with Gasteiger partial charge in [-0.25, -0.2) is 8.78 Å². The lowest BCUT2D eigenvalue weighted by molar-refractivity contribution is -0.300. The van der Waals surface area contributed by atoms with Crippen molar-refractivity contribution < 1.29 is 22.3 Å². The Morgan fingerprint density at radius 1 is 1.21 bits per heavy atom. The van der Waals surface area contributed by atoms with Crippen molar-refractivity contribution >= 4 is 39.2 Å². The molecule has 0 aromatic heterocycles. The minimum atomic E-state index is -4.42. The largest absolute Gasteiger partial charge is 0.416 e. The summed E-state index contributed by atoms with van der Waals surface area (Å²) in [5.41, 5.74) is 0. The number of halogens is 7. The van der Waals surface area contributed by atoms with Gasteiger partial charge in [0.25, 0.3) is 0 Å². The summed E-state index contributed by atoms with van der Waals surface area (Å²) in [4.78, 5) is 0. The summed E-state index contributed by atoms with van der Waals surface area (Å²) >= 11 is 16.3. The van der Waals surface area contributed by atoms with Gasteiger partial charge in [-0.2, -0.15) is 8.78 Å². The van der Waals surface area contributed by atoms with Gasteiger partial charge >= 0.3 is 18.5 Å². The first kappa shape index (κ1) is 14.8. The van der Waals surface area contributed by atoms with Crippen molar-refractivity contribution in [2.24, 2.45) is 0 Å². The molecule has 0 fully saturated rings. The predicted molar refractivity (Wildman–Crippen MR) is 49.6 cm³/mol. The molecule has 0 unspecified atom stereocenters. The van der Waals surface area contributed by atoms with Crippen molar-refractivity contribution in [2.45, 2.75) is 25.0 Å². The SMILES string of the molecule is FC(F)C(F)(F)OCCC[Si](Cl)(Cl)Cl. The zero-order valence-corrected chi connectivity index (χ0v) is 10.0. The molecule has 0 aliphatic carbocycles. The van der Waals surface area contributed by atoms with Crippen LogP contribution in [0.2, 0.25) is 6.04 Å². The standard InChI is InChI=1S/C5H7Cl3F4OSi/c6-14(7,8)3-1-2-13-5(11,12)4(9)10/h4H,1-3H2. The Hall–Kier alpha value is 0.767. The molecule has 0 radical (unpaired) electrons. The van der Waals surface area contributed by atoms with E-state index in [1.54, 1.807) is 0 Å². The zero-order chi connectivity index (χ0) is 11.4. The number of rotatable bonds is 6. The van der Waals surface area contributed by atoms with E-state index in [4.69, 9.17) is 33.2 Å². The number of hydrogen-bond acceptors (Lipinski definition) is 1. The third kappa shape index (κ3) is 7.11. The fourth-order valence-corrected chi connectivity index (χ4v) is 2.29. The van der Waals surface area contributed by atoms with Gasteiger partial charge in [-0.1, -0.05) is 0 Å². The molecule has 0 aromatic carbocycles. The molecule has 86 valence electrons. The number of alkyl halides is 4. The Bertz CT molecular complexity index is 175. The van der Waals surface area contributed by atoms with Crippen molar-refractivity contribution in [1.29, 1.82) is 0 Å².